The third-order valence-electron chi connectivity index (χ3n) is 5.11. The van der Waals surface area contributed by atoms with Crippen molar-refractivity contribution in [3.8, 4) is 22.6 Å². The van der Waals surface area contributed by atoms with Crippen LogP contribution in [0.25, 0.3) is 27.8 Å². The van der Waals surface area contributed by atoms with Crippen molar-refractivity contribution in [2.45, 2.75) is 0 Å². The van der Waals surface area contributed by atoms with Gasteiger partial charge in [0.25, 0.3) is 0 Å². The molecule has 0 unspecified atom stereocenters. The summed E-state index contributed by atoms with van der Waals surface area (Å²) in [5.74, 6) is 1.53. The summed E-state index contributed by atoms with van der Waals surface area (Å²) in [6.45, 7) is 0. The largest absolute Gasteiger partial charge is 0.497 e. The highest BCUT2D eigenvalue weighted by Gasteiger charge is 2.17. The van der Waals surface area contributed by atoms with Crippen LogP contribution in [0, 0.1) is 0 Å². The topological polar surface area (TPSA) is 52.0 Å². The number of halogens is 1. The first-order valence-corrected chi connectivity index (χ1v) is 10.6. The molecule has 2 heterocycles. The lowest BCUT2D eigenvalue weighted by molar-refractivity contribution is 0.415. The highest BCUT2D eigenvalue weighted by Crippen LogP contribution is 2.36. The van der Waals surface area contributed by atoms with E-state index in [9.17, 15) is 0 Å². The molecule has 2 aromatic heterocycles. The maximum atomic E-state index is 5.36. The summed E-state index contributed by atoms with van der Waals surface area (Å²) in [6, 6.07) is 26.3. The van der Waals surface area contributed by atoms with Gasteiger partial charge in [-0.2, -0.15) is 0 Å². The molecule has 0 aliphatic rings. The van der Waals surface area contributed by atoms with Gasteiger partial charge in [-0.25, -0.2) is 9.97 Å². The SMILES string of the molecule is COc1cccc(Nc2ncnc3c2c(-c2ccccc2)cn3-c2ccc(Br)cc2)c1. The monoisotopic (exact) mass is 470 g/mol. The Hall–Kier alpha value is -3.64. The van der Waals surface area contributed by atoms with Gasteiger partial charge >= 0.3 is 0 Å². The van der Waals surface area contributed by atoms with E-state index in [1.54, 1.807) is 13.4 Å². The highest BCUT2D eigenvalue weighted by molar-refractivity contribution is 9.10. The second-order valence-electron chi connectivity index (χ2n) is 7.03. The number of rotatable bonds is 5. The molecule has 152 valence electrons. The number of fused-ring (bicyclic) bond motifs is 1. The maximum Gasteiger partial charge on any atom is 0.150 e. The third kappa shape index (κ3) is 3.78. The molecular formula is C25H19BrN4O. The smallest absolute Gasteiger partial charge is 0.150 e. The number of methoxy groups -OCH3 is 1. The van der Waals surface area contributed by atoms with Gasteiger partial charge < -0.3 is 14.6 Å². The number of ether oxygens (including phenoxy) is 1. The first kappa shape index (κ1) is 19.3. The summed E-state index contributed by atoms with van der Waals surface area (Å²) in [5, 5.41) is 4.41. The zero-order chi connectivity index (χ0) is 21.2. The van der Waals surface area contributed by atoms with E-state index in [0.717, 1.165) is 49.6 Å². The zero-order valence-corrected chi connectivity index (χ0v) is 18.4. The van der Waals surface area contributed by atoms with Crippen molar-refractivity contribution in [3.63, 3.8) is 0 Å². The van der Waals surface area contributed by atoms with E-state index >= 15 is 0 Å². The van der Waals surface area contributed by atoms with Crippen LogP contribution in [0.3, 0.4) is 0 Å². The van der Waals surface area contributed by atoms with Crippen molar-refractivity contribution in [2.24, 2.45) is 0 Å². The molecule has 31 heavy (non-hydrogen) atoms. The molecule has 0 atom stereocenters. The molecule has 0 saturated carbocycles. The Kier molecular flexibility index (Phi) is 5.14. The summed E-state index contributed by atoms with van der Waals surface area (Å²) in [6.07, 6.45) is 3.71. The molecule has 0 bridgehead atoms. The second kappa shape index (κ2) is 8.24. The Morgan fingerprint density at radius 2 is 1.71 bits per heavy atom. The van der Waals surface area contributed by atoms with Gasteiger partial charge in [-0.05, 0) is 42.0 Å². The van der Waals surface area contributed by atoms with E-state index in [1.807, 2.05) is 54.6 Å². The summed E-state index contributed by atoms with van der Waals surface area (Å²) < 4.78 is 8.50. The van der Waals surface area contributed by atoms with Crippen molar-refractivity contribution in [1.29, 1.82) is 0 Å². The Labute approximate surface area is 188 Å². The molecule has 6 heteroatoms. The lowest BCUT2D eigenvalue weighted by Crippen LogP contribution is -1.98. The predicted octanol–water partition coefficient (Wildman–Crippen LogP) is 6.60. The molecule has 0 fully saturated rings. The fraction of sp³-hybridized carbons (Fsp3) is 0.0400. The zero-order valence-electron chi connectivity index (χ0n) is 16.8. The van der Waals surface area contributed by atoms with E-state index in [4.69, 9.17) is 4.74 Å². The van der Waals surface area contributed by atoms with Gasteiger partial charge in [0.05, 0.1) is 12.5 Å². The number of hydrogen-bond acceptors (Lipinski definition) is 4. The fourth-order valence-electron chi connectivity index (χ4n) is 3.63. The minimum Gasteiger partial charge on any atom is -0.497 e. The number of nitrogens with zero attached hydrogens (tertiary/aromatic N) is 3. The van der Waals surface area contributed by atoms with Gasteiger partial charge in [0, 0.05) is 33.7 Å². The van der Waals surface area contributed by atoms with E-state index < -0.39 is 0 Å². The Morgan fingerprint density at radius 3 is 2.48 bits per heavy atom. The summed E-state index contributed by atoms with van der Waals surface area (Å²) >= 11 is 3.51. The summed E-state index contributed by atoms with van der Waals surface area (Å²) in [7, 11) is 1.66. The van der Waals surface area contributed by atoms with Crippen LogP contribution >= 0.6 is 15.9 Å². The fourth-order valence-corrected chi connectivity index (χ4v) is 3.89. The molecule has 0 radical (unpaired) electrons. The predicted molar refractivity (Wildman–Crippen MR) is 128 cm³/mol. The quantitative estimate of drug-likeness (QED) is 0.314. The average molecular weight is 471 g/mol. The van der Waals surface area contributed by atoms with E-state index in [-0.39, 0.29) is 0 Å². The Bertz CT molecular complexity index is 1350. The number of hydrogen-bond donors (Lipinski definition) is 1. The van der Waals surface area contributed by atoms with E-state index in [1.165, 1.54) is 0 Å². The molecule has 0 amide bonds. The third-order valence-corrected chi connectivity index (χ3v) is 5.63. The number of nitrogens with one attached hydrogen (secondary N) is 1. The standard InChI is InChI=1S/C25H19BrN4O/c1-31-21-9-5-8-19(14-21)29-24-23-22(17-6-3-2-4-7-17)15-30(25(23)28-16-27-24)20-12-10-18(26)11-13-20/h2-16H,1H3,(H,27,28,29). The molecule has 3 aromatic carbocycles. The van der Waals surface area contributed by atoms with Crippen molar-refractivity contribution < 1.29 is 4.74 Å². The van der Waals surface area contributed by atoms with Crippen LogP contribution < -0.4 is 10.1 Å². The van der Waals surface area contributed by atoms with Crippen LogP contribution in [0.2, 0.25) is 0 Å². The number of anilines is 2. The van der Waals surface area contributed by atoms with E-state index in [2.05, 4.69) is 66.2 Å². The van der Waals surface area contributed by atoms with Gasteiger partial charge in [-0.15, -0.1) is 0 Å². The minimum atomic E-state index is 0.743. The Balaban J connectivity index is 1.72. The van der Waals surface area contributed by atoms with Crippen LogP contribution in [0.1, 0.15) is 0 Å². The minimum absolute atomic E-state index is 0.743. The number of benzene rings is 3. The first-order chi connectivity index (χ1) is 15.2. The van der Waals surface area contributed by atoms with Crippen molar-refractivity contribution in [2.75, 3.05) is 12.4 Å². The van der Waals surface area contributed by atoms with Gasteiger partial charge in [0.2, 0.25) is 0 Å². The molecule has 0 spiro atoms. The van der Waals surface area contributed by atoms with Crippen molar-refractivity contribution in [3.05, 3.63) is 95.9 Å². The lowest BCUT2D eigenvalue weighted by atomic mass is 10.1. The van der Waals surface area contributed by atoms with Crippen LogP contribution in [-0.2, 0) is 0 Å². The lowest BCUT2D eigenvalue weighted by Gasteiger charge is -2.10. The summed E-state index contributed by atoms with van der Waals surface area (Å²) in [4.78, 5) is 9.22. The highest BCUT2D eigenvalue weighted by atomic mass is 79.9. The Morgan fingerprint density at radius 1 is 0.903 bits per heavy atom. The first-order valence-electron chi connectivity index (χ1n) is 9.81. The molecule has 0 aliphatic heterocycles. The molecule has 5 rings (SSSR count). The number of aromatic nitrogens is 3. The van der Waals surface area contributed by atoms with Gasteiger partial charge in [-0.1, -0.05) is 52.3 Å². The molecule has 1 N–H and O–H groups in total. The molecule has 0 aliphatic carbocycles. The normalized spacial score (nSPS) is 10.9. The maximum absolute atomic E-state index is 5.36. The van der Waals surface area contributed by atoms with E-state index in [0.29, 0.717) is 0 Å². The van der Waals surface area contributed by atoms with Gasteiger partial charge in [0.1, 0.15) is 17.9 Å². The van der Waals surface area contributed by atoms with Crippen LogP contribution in [-0.4, -0.2) is 21.6 Å². The molecule has 5 aromatic rings. The van der Waals surface area contributed by atoms with Gasteiger partial charge in [0.15, 0.2) is 5.65 Å². The van der Waals surface area contributed by atoms with Crippen LogP contribution in [0.15, 0.2) is 95.9 Å². The van der Waals surface area contributed by atoms with Gasteiger partial charge in [-0.3, -0.25) is 0 Å². The molecular weight excluding hydrogens is 452 g/mol. The van der Waals surface area contributed by atoms with Crippen molar-refractivity contribution >= 4 is 38.5 Å². The summed E-state index contributed by atoms with van der Waals surface area (Å²) in [5.41, 5.74) is 4.93. The average Bonchev–Trinajstić information content (AvgIpc) is 3.21. The molecule has 5 nitrogen and oxygen atoms in total. The molecule has 0 saturated heterocycles. The second-order valence-corrected chi connectivity index (χ2v) is 7.95. The van der Waals surface area contributed by atoms with Crippen LogP contribution in [0.4, 0.5) is 11.5 Å². The van der Waals surface area contributed by atoms with Crippen molar-refractivity contribution in [1.82, 2.24) is 14.5 Å². The van der Waals surface area contributed by atoms with Crippen LogP contribution in [0.5, 0.6) is 5.75 Å².